The summed E-state index contributed by atoms with van der Waals surface area (Å²) in [4.78, 5) is 17.8. The number of ether oxygens (including phenoxy) is 1. The van der Waals surface area contributed by atoms with Gasteiger partial charge in [-0.1, -0.05) is 41.5 Å². The molecule has 0 unspecified atom stereocenters. The molecule has 1 aliphatic rings. The van der Waals surface area contributed by atoms with Crippen LogP contribution in [0.25, 0.3) is 17.0 Å². The largest absolute Gasteiger partial charge is 0.414 e. The van der Waals surface area contributed by atoms with Crippen LogP contribution < -0.4 is 0 Å². The monoisotopic (exact) mass is 530 g/mol. The van der Waals surface area contributed by atoms with Gasteiger partial charge in [0.1, 0.15) is 25.0 Å². The van der Waals surface area contributed by atoms with E-state index in [-0.39, 0.29) is 28.5 Å². The van der Waals surface area contributed by atoms with Crippen molar-refractivity contribution in [1.82, 2.24) is 29.1 Å². The van der Waals surface area contributed by atoms with Crippen molar-refractivity contribution in [2.75, 3.05) is 6.61 Å². The minimum atomic E-state index is -2.02. The van der Waals surface area contributed by atoms with E-state index < -0.39 is 16.6 Å². The Kier molecular flexibility index (Phi) is 7.10. The van der Waals surface area contributed by atoms with Crippen LogP contribution >= 0.6 is 0 Å². The van der Waals surface area contributed by atoms with E-state index in [9.17, 15) is 0 Å². The fourth-order valence-electron chi connectivity index (χ4n) is 3.83. The minimum Gasteiger partial charge on any atom is -0.414 e. The molecule has 0 N–H and O–H groups in total. The Morgan fingerprint density at radius 1 is 0.972 bits per heavy atom. The van der Waals surface area contributed by atoms with Crippen molar-refractivity contribution < 1.29 is 13.6 Å². The van der Waals surface area contributed by atoms with E-state index in [4.69, 9.17) is 13.6 Å². The first kappa shape index (κ1) is 27.1. The highest BCUT2D eigenvalue weighted by Gasteiger charge is 2.46. The molecule has 0 aromatic carbocycles. The predicted molar refractivity (Wildman–Crippen MR) is 146 cm³/mol. The highest BCUT2D eigenvalue weighted by atomic mass is 28.4. The summed E-state index contributed by atoms with van der Waals surface area (Å²) in [5, 5.41) is 0.229. The summed E-state index contributed by atoms with van der Waals surface area (Å²) in [6.07, 6.45) is 8.89. The first-order valence-electron chi connectivity index (χ1n) is 12.7. The molecule has 11 heteroatoms. The lowest BCUT2D eigenvalue weighted by Crippen LogP contribution is -2.48. The van der Waals surface area contributed by atoms with Crippen molar-refractivity contribution in [3.63, 3.8) is 0 Å². The third-order valence-corrected chi connectivity index (χ3v) is 17.3. The van der Waals surface area contributed by atoms with Gasteiger partial charge in [0.25, 0.3) is 0 Å². The standard InChI is InChI=1S/C25H42N6O3Si2/c1-24(2,3)35(7,8)32-14-19-18(34-36(9,10)25(4,5)6)13-20(33-19)31-17-29-21-22(27-15-28-23(21)31)30-12-11-26-16-30/h11-12,15-20H,13-14H2,1-10H3/t18-,19+,20+/m0/s1. The molecule has 198 valence electrons. The van der Waals surface area contributed by atoms with Crippen LogP contribution in [0.4, 0.5) is 0 Å². The molecule has 0 bridgehead atoms. The third kappa shape index (κ3) is 5.21. The molecular formula is C25H42N6O3Si2. The SMILES string of the molecule is CC(C)(C)[Si](C)(C)OC[C@H]1O[C@@H](n2cnc3c(-n4ccnc4)ncnc32)C[C@@H]1O[Si](C)(C)C(C)(C)C. The quantitative estimate of drug-likeness (QED) is 0.361. The normalized spacial score (nSPS) is 22.0. The van der Waals surface area contributed by atoms with Crippen molar-refractivity contribution in [3.8, 4) is 5.82 Å². The summed E-state index contributed by atoms with van der Waals surface area (Å²) in [6, 6.07) is 0. The summed E-state index contributed by atoms with van der Waals surface area (Å²) in [6.45, 7) is 23.3. The van der Waals surface area contributed by atoms with Crippen molar-refractivity contribution >= 4 is 27.8 Å². The molecule has 0 amide bonds. The van der Waals surface area contributed by atoms with Crippen LogP contribution in [-0.2, 0) is 13.6 Å². The Hall–Kier alpha value is -1.93. The average molecular weight is 531 g/mol. The second kappa shape index (κ2) is 9.43. The number of hydrogen-bond donors (Lipinski definition) is 0. The zero-order valence-electron chi connectivity index (χ0n) is 23.4. The summed E-state index contributed by atoms with van der Waals surface area (Å²) in [7, 11) is -3.96. The molecule has 3 aromatic heterocycles. The number of aromatic nitrogens is 6. The second-order valence-electron chi connectivity index (χ2n) is 12.8. The van der Waals surface area contributed by atoms with Gasteiger partial charge in [-0.05, 0) is 36.3 Å². The van der Waals surface area contributed by atoms with Crippen molar-refractivity contribution in [1.29, 1.82) is 0 Å². The van der Waals surface area contributed by atoms with Gasteiger partial charge in [0.15, 0.2) is 33.6 Å². The smallest absolute Gasteiger partial charge is 0.192 e. The predicted octanol–water partition coefficient (Wildman–Crippen LogP) is 5.71. The molecule has 1 saturated heterocycles. The van der Waals surface area contributed by atoms with Gasteiger partial charge in [0.05, 0.1) is 19.0 Å². The van der Waals surface area contributed by atoms with Gasteiger partial charge in [-0.15, -0.1) is 0 Å². The molecule has 3 atom stereocenters. The van der Waals surface area contributed by atoms with Gasteiger partial charge < -0.3 is 13.6 Å². The Labute approximate surface area is 216 Å². The second-order valence-corrected chi connectivity index (χ2v) is 22.4. The van der Waals surface area contributed by atoms with Crippen LogP contribution in [0.3, 0.4) is 0 Å². The minimum absolute atomic E-state index is 0.0620. The lowest BCUT2D eigenvalue weighted by atomic mass is 10.2. The molecule has 4 rings (SSSR count). The van der Waals surface area contributed by atoms with Crippen LogP contribution in [0.1, 0.15) is 54.2 Å². The number of fused-ring (bicyclic) bond motifs is 1. The summed E-state index contributed by atoms with van der Waals surface area (Å²) in [5.41, 5.74) is 1.44. The van der Waals surface area contributed by atoms with Gasteiger partial charge in [-0.2, -0.15) is 0 Å². The van der Waals surface area contributed by atoms with E-state index in [0.717, 1.165) is 5.65 Å². The van der Waals surface area contributed by atoms with Crippen molar-refractivity contribution in [2.45, 2.75) is 103 Å². The molecule has 0 radical (unpaired) electrons. The van der Waals surface area contributed by atoms with Crippen molar-refractivity contribution in [2.24, 2.45) is 0 Å². The first-order chi connectivity index (χ1) is 16.6. The van der Waals surface area contributed by atoms with Gasteiger partial charge in [-0.25, -0.2) is 19.9 Å². The summed E-state index contributed by atoms with van der Waals surface area (Å²) >= 11 is 0. The maximum Gasteiger partial charge on any atom is 0.192 e. The van der Waals surface area contributed by atoms with Crippen LogP contribution in [-0.4, -0.2) is 64.5 Å². The Morgan fingerprint density at radius 3 is 2.28 bits per heavy atom. The van der Waals surface area contributed by atoms with E-state index in [1.54, 1.807) is 25.2 Å². The molecule has 9 nitrogen and oxygen atoms in total. The highest BCUT2D eigenvalue weighted by Crippen LogP contribution is 2.43. The van der Waals surface area contributed by atoms with Gasteiger partial charge in [0.2, 0.25) is 0 Å². The van der Waals surface area contributed by atoms with Gasteiger partial charge in [-0.3, -0.25) is 9.13 Å². The van der Waals surface area contributed by atoms with Gasteiger partial charge >= 0.3 is 0 Å². The van der Waals surface area contributed by atoms with Crippen molar-refractivity contribution in [3.05, 3.63) is 31.4 Å². The third-order valence-electron chi connectivity index (χ3n) is 8.25. The van der Waals surface area contributed by atoms with E-state index in [0.29, 0.717) is 24.4 Å². The van der Waals surface area contributed by atoms with E-state index >= 15 is 0 Å². The lowest BCUT2D eigenvalue weighted by Gasteiger charge is -2.40. The average Bonchev–Trinajstić information content (AvgIpc) is 3.50. The zero-order valence-corrected chi connectivity index (χ0v) is 25.4. The Morgan fingerprint density at radius 2 is 1.67 bits per heavy atom. The number of imidazole rings is 2. The molecule has 4 heterocycles. The summed E-state index contributed by atoms with van der Waals surface area (Å²) < 4.78 is 24.0. The fourth-order valence-corrected chi connectivity index (χ4v) is 6.20. The molecule has 1 fully saturated rings. The molecular weight excluding hydrogens is 488 g/mol. The maximum absolute atomic E-state index is 6.92. The molecule has 0 saturated carbocycles. The van der Waals surface area contributed by atoms with Crippen LogP contribution in [0.15, 0.2) is 31.4 Å². The molecule has 0 aliphatic carbocycles. The number of nitrogens with zero attached hydrogens (tertiary/aromatic N) is 6. The van der Waals surface area contributed by atoms with Crippen LogP contribution in [0.5, 0.6) is 0 Å². The maximum atomic E-state index is 6.92. The van der Waals surface area contributed by atoms with E-state index in [1.807, 2.05) is 15.3 Å². The van der Waals surface area contributed by atoms with Gasteiger partial charge in [0, 0.05) is 18.8 Å². The first-order valence-corrected chi connectivity index (χ1v) is 18.6. The lowest BCUT2D eigenvalue weighted by molar-refractivity contribution is -0.0383. The Balaban J connectivity index is 1.63. The van der Waals surface area contributed by atoms with Crippen LogP contribution in [0.2, 0.25) is 36.3 Å². The number of rotatable bonds is 7. The van der Waals surface area contributed by atoms with E-state index in [1.165, 1.54) is 0 Å². The number of hydrogen-bond acceptors (Lipinski definition) is 7. The molecule has 0 spiro atoms. The zero-order chi connectivity index (χ0) is 26.5. The molecule has 36 heavy (non-hydrogen) atoms. The Bertz CT molecular complexity index is 1180. The molecule has 1 aliphatic heterocycles. The highest BCUT2D eigenvalue weighted by molar-refractivity contribution is 6.74. The van der Waals surface area contributed by atoms with Crippen LogP contribution in [0, 0.1) is 0 Å². The topological polar surface area (TPSA) is 89.1 Å². The fraction of sp³-hybridized carbons (Fsp3) is 0.680. The van der Waals surface area contributed by atoms with E-state index in [2.05, 4.69) is 87.7 Å². The summed E-state index contributed by atoms with van der Waals surface area (Å²) in [5.74, 6) is 0.695. The molecule has 3 aromatic rings.